The van der Waals surface area contributed by atoms with Gasteiger partial charge in [-0.2, -0.15) is 0 Å². The van der Waals surface area contributed by atoms with Gasteiger partial charge in [-0.1, -0.05) is 54.6 Å². The van der Waals surface area contributed by atoms with Crippen molar-refractivity contribution in [2.75, 3.05) is 13.7 Å². The highest BCUT2D eigenvalue weighted by molar-refractivity contribution is 5.87. The Morgan fingerprint density at radius 2 is 1.51 bits per heavy atom. The smallest absolute Gasteiger partial charge is 0.410 e. The van der Waals surface area contributed by atoms with Crippen LogP contribution in [0, 0.1) is 0 Å². The number of aromatic nitrogens is 6. The van der Waals surface area contributed by atoms with Crippen LogP contribution in [0.5, 0.6) is 0 Å². The summed E-state index contributed by atoms with van der Waals surface area (Å²) in [6.07, 6.45) is 7.56. The molecule has 51 heavy (non-hydrogen) atoms. The molecule has 0 unspecified atom stereocenters. The van der Waals surface area contributed by atoms with E-state index < -0.39 is 29.7 Å². The molecule has 2 aromatic carbocycles. The van der Waals surface area contributed by atoms with Crippen LogP contribution in [0.25, 0.3) is 33.9 Å². The number of imidazole rings is 2. The number of nitrogens with one attached hydrogen (secondary N) is 4. The second-order valence-corrected chi connectivity index (χ2v) is 13.3. The van der Waals surface area contributed by atoms with Gasteiger partial charge < -0.3 is 30.1 Å². The zero-order valence-corrected chi connectivity index (χ0v) is 29.1. The van der Waals surface area contributed by atoms with Gasteiger partial charge in [0.25, 0.3) is 0 Å². The first-order chi connectivity index (χ1) is 24.5. The van der Waals surface area contributed by atoms with E-state index in [0.29, 0.717) is 29.6 Å². The van der Waals surface area contributed by atoms with Gasteiger partial charge >= 0.3 is 12.2 Å². The van der Waals surface area contributed by atoms with Crippen molar-refractivity contribution in [2.45, 2.75) is 64.3 Å². The van der Waals surface area contributed by atoms with E-state index in [2.05, 4.69) is 40.5 Å². The molecule has 4 N–H and O–H groups in total. The first-order valence-corrected chi connectivity index (χ1v) is 16.7. The third-order valence-electron chi connectivity index (χ3n) is 8.42. The first-order valence-electron chi connectivity index (χ1n) is 16.7. The number of carbonyl (C=O) groups is 3. The molecule has 1 fully saturated rings. The number of hydrogen-bond acceptors (Lipinski definition) is 9. The molecule has 1 aliphatic rings. The van der Waals surface area contributed by atoms with E-state index in [1.165, 1.54) is 7.11 Å². The van der Waals surface area contributed by atoms with E-state index in [1.807, 2.05) is 58.0 Å². The van der Waals surface area contributed by atoms with E-state index >= 15 is 0 Å². The largest absolute Gasteiger partial charge is 0.453 e. The molecule has 0 radical (unpaired) electrons. The van der Waals surface area contributed by atoms with Crippen LogP contribution in [0.1, 0.15) is 75.9 Å². The summed E-state index contributed by atoms with van der Waals surface area (Å²) in [5.74, 6) is 1.42. The number of methoxy groups -OCH3 is 1. The maximum absolute atomic E-state index is 13.2. The van der Waals surface area contributed by atoms with Crippen LogP contribution < -0.4 is 10.6 Å². The maximum atomic E-state index is 13.2. The summed E-state index contributed by atoms with van der Waals surface area (Å²) in [6.45, 7) is 8.01. The number of likely N-dealkylation sites (tertiary alicyclic amines) is 1. The molecule has 1 saturated heterocycles. The van der Waals surface area contributed by atoms with Gasteiger partial charge in [0.1, 0.15) is 23.3 Å². The third kappa shape index (κ3) is 8.23. The summed E-state index contributed by atoms with van der Waals surface area (Å²) < 4.78 is 10.3. The molecule has 0 spiro atoms. The summed E-state index contributed by atoms with van der Waals surface area (Å²) in [7, 11) is 1.25. The Hall–Kier alpha value is -6.05. The summed E-state index contributed by atoms with van der Waals surface area (Å²) in [5.41, 5.74) is 4.08. The highest BCUT2D eigenvalue weighted by Gasteiger charge is 2.35. The van der Waals surface area contributed by atoms with E-state index in [0.717, 1.165) is 40.9 Å². The normalized spacial score (nSPS) is 15.5. The Balaban J connectivity index is 1.09. The molecule has 5 aromatic rings. The molecule has 3 atom stereocenters. The van der Waals surface area contributed by atoms with Crippen molar-refractivity contribution in [3.8, 4) is 33.9 Å². The molecule has 1 aliphatic heterocycles. The van der Waals surface area contributed by atoms with Crippen molar-refractivity contribution in [3.05, 3.63) is 96.6 Å². The Morgan fingerprint density at radius 3 is 2.20 bits per heavy atom. The maximum Gasteiger partial charge on any atom is 0.410 e. The van der Waals surface area contributed by atoms with Crippen molar-refractivity contribution >= 4 is 18.1 Å². The fourth-order valence-corrected chi connectivity index (χ4v) is 5.85. The van der Waals surface area contributed by atoms with Gasteiger partial charge in [0, 0.05) is 30.1 Å². The van der Waals surface area contributed by atoms with Crippen molar-refractivity contribution in [3.63, 3.8) is 0 Å². The lowest BCUT2D eigenvalue weighted by atomic mass is 10.1. The molecule has 0 aliphatic carbocycles. The summed E-state index contributed by atoms with van der Waals surface area (Å²) in [6, 6.07) is 15.1. The lowest BCUT2D eigenvalue weighted by Gasteiger charge is -2.27. The van der Waals surface area contributed by atoms with Crippen molar-refractivity contribution < 1.29 is 23.9 Å². The van der Waals surface area contributed by atoms with Gasteiger partial charge in [-0.25, -0.2) is 29.5 Å². The SMILES string of the molecule is COC(=O)N[C@@H](C(=O)N[C@@H](C)c1ncc(-c2ccc(-c3ncc(-c4cnc([C@@H]5CCCN5C(=O)OC(C)(C)C)[nH]4)cn3)cc2)[nH]1)c1ccccc1. The third-order valence-corrected chi connectivity index (χ3v) is 8.42. The Bertz CT molecular complexity index is 1970. The standard InChI is InChI=1S/C37H41N9O5/c1-22(42-34(47)30(45-35(48)50-5)24-10-7-6-8-11-24)31-40-20-27(43-31)23-13-15-25(16-14-23)32-38-18-26(19-39-32)28-21-41-33(44-28)29-12-9-17-46(29)36(49)51-37(2,3)4/h6-8,10-11,13-16,18-22,29-30H,9,12,17H2,1-5H3,(H,40,43)(H,41,44)(H,42,47)(H,45,48)/t22-,29-,30+/m0/s1. The predicted octanol–water partition coefficient (Wildman–Crippen LogP) is 6.27. The fourth-order valence-electron chi connectivity index (χ4n) is 5.85. The quantitative estimate of drug-likeness (QED) is 0.139. The van der Waals surface area contributed by atoms with Crippen LogP contribution >= 0.6 is 0 Å². The highest BCUT2D eigenvalue weighted by Crippen LogP contribution is 2.33. The first kappa shape index (κ1) is 34.8. The van der Waals surface area contributed by atoms with Gasteiger partial charge in [0.2, 0.25) is 5.91 Å². The lowest BCUT2D eigenvalue weighted by Crippen LogP contribution is -2.41. The topological polar surface area (TPSA) is 180 Å². The summed E-state index contributed by atoms with van der Waals surface area (Å²) >= 11 is 0. The number of aromatic amines is 2. The van der Waals surface area contributed by atoms with Crippen LogP contribution in [-0.2, 0) is 14.3 Å². The molecule has 264 valence electrons. The highest BCUT2D eigenvalue weighted by atomic mass is 16.6. The minimum absolute atomic E-state index is 0.178. The molecule has 0 bridgehead atoms. The molecule has 14 nitrogen and oxygen atoms in total. The van der Waals surface area contributed by atoms with Crippen molar-refractivity contribution in [2.24, 2.45) is 0 Å². The van der Waals surface area contributed by atoms with Crippen LogP contribution in [0.4, 0.5) is 9.59 Å². The fraction of sp³-hybridized carbons (Fsp3) is 0.324. The number of nitrogens with zero attached hydrogens (tertiary/aromatic N) is 5. The van der Waals surface area contributed by atoms with Crippen LogP contribution in [0.2, 0.25) is 0 Å². The summed E-state index contributed by atoms with van der Waals surface area (Å²) in [4.78, 5) is 64.5. The van der Waals surface area contributed by atoms with Gasteiger partial charge in [0.05, 0.1) is 43.0 Å². The summed E-state index contributed by atoms with van der Waals surface area (Å²) in [5, 5.41) is 5.51. The number of amides is 3. The Kier molecular flexibility index (Phi) is 10.1. The molecule has 6 rings (SSSR count). The number of H-pyrrole nitrogens is 2. The number of alkyl carbamates (subject to hydrolysis) is 1. The number of rotatable bonds is 9. The molecular weight excluding hydrogens is 650 g/mol. The van der Waals surface area contributed by atoms with Crippen LogP contribution in [0.3, 0.4) is 0 Å². The monoisotopic (exact) mass is 691 g/mol. The van der Waals surface area contributed by atoms with E-state index in [-0.39, 0.29) is 12.1 Å². The molecule has 0 saturated carbocycles. The zero-order chi connectivity index (χ0) is 36.1. The minimum Gasteiger partial charge on any atom is -0.453 e. The number of carbonyl (C=O) groups excluding carboxylic acids is 3. The molecule has 3 aromatic heterocycles. The zero-order valence-electron chi connectivity index (χ0n) is 29.1. The van der Waals surface area contributed by atoms with Crippen molar-refractivity contribution in [1.29, 1.82) is 0 Å². The average molecular weight is 692 g/mol. The van der Waals surface area contributed by atoms with Gasteiger partial charge in [-0.15, -0.1) is 0 Å². The van der Waals surface area contributed by atoms with E-state index in [9.17, 15) is 14.4 Å². The predicted molar refractivity (Wildman–Crippen MR) is 189 cm³/mol. The van der Waals surface area contributed by atoms with Crippen LogP contribution in [-0.4, -0.2) is 72.2 Å². The molecule has 4 heterocycles. The molecular formula is C37H41N9O5. The molecule has 3 amide bonds. The van der Waals surface area contributed by atoms with Gasteiger partial charge in [-0.3, -0.25) is 9.69 Å². The second kappa shape index (κ2) is 14.8. The Labute approximate surface area is 295 Å². The van der Waals surface area contributed by atoms with Crippen LogP contribution in [0.15, 0.2) is 79.4 Å². The van der Waals surface area contributed by atoms with E-state index in [4.69, 9.17) is 9.47 Å². The number of hydrogen-bond donors (Lipinski definition) is 4. The molecule has 14 heteroatoms. The Morgan fingerprint density at radius 1 is 0.843 bits per heavy atom. The van der Waals surface area contributed by atoms with Gasteiger partial charge in [0.15, 0.2) is 5.82 Å². The van der Waals surface area contributed by atoms with Gasteiger partial charge in [-0.05, 0) is 51.7 Å². The average Bonchev–Trinajstić information content (AvgIpc) is 3.92. The number of benzene rings is 2. The number of ether oxygens (including phenoxy) is 2. The second-order valence-electron chi connectivity index (χ2n) is 13.3. The van der Waals surface area contributed by atoms with E-state index in [1.54, 1.807) is 54.0 Å². The minimum atomic E-state index is -0.940. The lowest BCUT2D eigenvalue weighted by molar-refractivity contribution is -0.123. The van der Waals surface area contributed by atoms with Crippen molar-refractivity contribution in [1.82, 2.24) is 45.4 Å².